The molecule has 0 saturated carbocycles. The van der Waals surface area contributed by atoms with Gasteiger partial charge in [0.25, 0.3) is 0 Å². The van der Waals surface area contributed by atoms with E-state index in [2.05, 4.69) is 94.4 Å². The van der Waals surface area contributed by atoms with Gasteiger partial charge in [0.2, 0.25) is 0 Å². The topological polar surface area (TPSA) is 30.7 Å². The number of aromatic nitrogens is 3. The number of allylic oxidation sites excluding steroid dienone is 1. The first-order chi connectivity index (χ1) is 13.8. The van der Waals surface area contributed by atoms with Crippen molar-refractivity contribution in [1.82, 2.24) is 15.0 Å². The van der Waals surface area contributed by atoms with Crippen LogP contribution in [0.3, 0.4) is 0 Å². The number of nitrogens with zero attached hydrogens (tertiary/aromatic N) is 3. The van der Waals surface area contributed by atoms with Crippen molar-refractivity contribution in [2.24, 2.45) is 0 Å². The van der Waals surface area contributed by atoms with E-state index in [-0.39, 0.29) is 19.4 Å². The molecule has 0 amide bonds. The molecule has 1 aromatic heterocycles. The fraction of sp³-hybridized carbons (Fsp3) is 0.167. The molecule has 0 aliphatic heterocycles. The molecule has 28 heavy (non-hydrogen) atoms. The van der Waals surface area contributed by atoms with Gasteiger partial charge in [-0.2, -0.15) is 0 Å². The molecule has 4 aromatic rings. The quantitative estimate of drug-likeness (QED) is 0.233. The van der Waals surface area contributed by atoms with Gasteiger partial charge in [0.15, 0.2) is 0 Å². The molecule has 0 N–H and O–H groups in total. The third kappa shape index (κ3) is 3.66. The van der Waals surface area contributed by atoms with Gasteiger partial charge in [-0.15, -0.1) is 0 Å². The molecular weight excluding hydrogens is 409 g/mol. The summed E-state index contributed by atoms with van der Waals surface area (Å²) in [4.78, 5) is 0. The summed E-state index contributed by atoms with van der Waals surface area (Å²) in [6.07, 6.45) is 5.04. The molecule has 0 aliphatic carbocycles. The third-order valence-electron chi connectivity index (χ3n) is 4.87. The Morgan fingerprint density at radius 3 is 2.32 bits per heavy atom. The van der Waals surface area contributed by atoms with Crippen LogP contribution in [0.2, 0.25) is 0 Å². The summed E-state index contributed by atoms with van der Waals surface area (Å²) in [6, 6.07) is 29.8. The minimum absolute atomic E-state index is 0.132. The normalized spacial score (nSPS) is 13.3. The Bertz CT molecular complexity index is 1040. The molecule has 1 heterocycles. The van der Waals surface area contributed by atoms with Gasteiger partial charge in [0, 0.05) is 0 Å². The Kier molecular flexibility index (Phi) is 5.70. The zero-order valence-electron chi connectivity index (χ0n) is 15.7. The van der Waals surface area contributed by atoms with Crippen LogP contribution in [0.15, 0.2) is 97.6 Å². The Morgan fingerprint density at radius 1 is 0.893 bits per heavy atom. The molecule has 4 rings (SSSR count). The third-order valence-corrected chi connectivity index (χ3v) is 7.93. The maximum atomic E-state index is 4.68. The van der Waals surface area contributed by atoms with Gasteiger partial charge in [-0.3, -0.25) is 0 Å². The van der Waals surface area contributed by atoms with Crippen LogP contribution in [0.1, 0.15) is 24.8 Å². The van der Waals surface area contributed by atoms with Gasteiger partial charge in [-0.1, -0.05) is 0 Å². The van der Waals surface area contributed by atoms with E-state index in [0.29, 0.717) is 0 Å². The van der Waals surface area contributed by atoms with Crippen LogP contribution in [0, 0.1) is 0 Å². The fourth-order valence-corrected chi connectivity index (χ4v) is 6.48. The van der Waals surface area contributed by atoms with E-state index in [1.807, 2.05) is 18.2 Å². The second-order valence-electron chi connectivity index (χ2n) is 6.74. The summed E-state index contributed by atoms with van der Waals surface area (Å²) < 4.78 is 3.29. The number of hydrogen-bond acceptors (Lipinski definition) is 2. The van der Waals surface area contributed by atoms with Crippen molar-refractivity contribution < 1.29 is 0 Å². The standard InChI is InChI=1S/C24H23N3Se/c1-2-3-12-19-24(20-13-6-4-7-14-20,28-21-15-8-5-9-16-21)27-23-18-11-10-17-22(23)25-26-27/h2,4-11,13-18H,1,3,12,19H2. The summed E-state index contributed by atoms with van der Waals surface area (Å²) in [5.74, 6) is 0. The van der Waals surface area contributed by atoms with E-state index in [9.17, 15) is 0 Å². The number of para-hydroxylation sites is 1. The molecule has 0 radical (unpaired) electrons. The molecule has 0 spiro atoms. The van der Waals surface area contributed by atoms with E-state index < -0.39 is 0 Å². The molecule has 0 fully saturated rings. The predicted molar refractivity (Wildman–Crippen MR) is 117 cm³/mol. The first kappa shape index (κ1) is 18.7. The first-order valence-electron chi connectivity index (χ1n) is 9.55. The van der Waals surface area contributed by atoms with Gasteiger partial charge < -0.3 is 0 Å². The summed E-state index contributed by atoms with van der Waals surface area (Å²) >= 11 is 0.132. The molecule has 140 valence electrons. The average Bonchev–Trinajstić information content (AvgIpc) is 3.19. The molecule has 3 aromatic carbocycles. The number of hydrogen-bond donors (Lipinski definition) is 0. The Morgan fingerprint density at radius 2 is 1.57 bits per heavy atom. The average molecular weight is 432 g/mol. The van der Waals surface area contributed by atoms with Crippen molar-refractivity contribution in [3.05, 3.63) is 103 Å². The van der Waals surface area contributed by atoms with Crippen LogP contribution >= 0.6 is 0 Å². The molecule has 0 bridgehead atoms. The van der Waals surface area contributed by atoms with Crippen molar-refractivity contribution in [3.63, 3.8) is 0 Å². The number of benzene rings is 3. The van der Waals surface area contributed by atoms with Crippen LogP contribution in [0.5, 0.6) is 0 Å². The SMILES string of the molecule is C=CCCCC([Se]c1ccccc1)(c1ccccc1)n1nnc2ccccc21. The molecule has 1 atom stereocenters. The Balaban J connectivity index is 1.92. The zero-order valence-corrected chi connectivity index (χ0v) is 17.5. The number of fused-ring (bicyclic) bond motifs is 1. The molecule has 3 nitrogen and oxygen atoms in total. The molecule has 0 aliphatic rings. The molecule has 1 unspecified atom stereocenters. The van der Waals surface area contributed by atoms with Gasteiger partial charge in [-0.25, -0.2) is 0 Å². The molecule has 4 heteroatoms. The van der Waals surface area contributed by atoms with Crippen molar-refractivity contribution in [2.45, 2.75) is 23.7 Å². The van der Waals surface area contributed by atoms with E-state index in [1.165, 1.54) is 10.0 Å². The summed E-state index contributed by atoms with van der Waals surface area (Å²) in [6.45, 7) is 3.92. The van der Waals surface area contributed by atoms with E-state index in [1.54, 1.807) is 0 Å². The zero-order chi connectivity index (χ0) is 19.2. The van der Waals surface area contributed by atoms with Crippen molar-refractivity contribution >= 4 is 30.5 Å². The van der Waals surface area contributed by atoms with Gasteiger partial charge in [0.05, 0.1) is 0 Å². The van der Waals surface area contributed by atoms with Crippen LogP contribution in [0.4, 0.5) is 0 Å². The fourth-order valence-electron chi connectivity index (χ4n) is 3.53. The van der Waals surface area contributed by atoms with E-state index in [4.69, 9.17) is 0 Å². The monoisotopic (exact) mass is 433 g/mol. The molecular formula is C24H23N3Se. The van der Waals surface area contributed by atoms with E-state index >= 15 is 0 Å². The summed E-state index contributed by atoms with van der Waals surface area (Å²) in [7, 11) is 0. The van der Waals surface area contributed by atoms with Gasteiger partial charge >= 0.3 is 172 Å². The van der Waals surface area contributed by atoms with Crippen molar-refractivity contribution in [2.75, 3.05) is 0 Å². The number of unbranched alkanes of at least 4 members (excludes halogenated alkanes) is 1. The predicted octanol–water partition coefficient (Wildman–Crippen LogP) is 4.52. The van der Waals surface area contributed by atoms with Crippen LogP contribution in [-0.2, 0) is 4.44 Å². The molecule has 0 saturated heterocycles. The number of rotatable bonds is 8. The Labute approximate surface area is 172 Å². The van der Waals surface area contributed by atoms with Crippen LogP contribution < -0.4 is 4.46 Å². The van der Waals surface area contributed by atoms with Crippen molar-refractivity contribution in [3.8, 4) is 0 Å². The second-order valence-corrected chi connectivity index (χ2v) is 9.57. The first-order valence-corrected chi connectivity index (χ1v) is 11.3. The summed E-state index contributed by atoms with van der Waals surface area (Å²) in [5.41, 5.74) is 3.32. The van der Waals surface area contributed by atoms with Crippen LogP contribution in [0.25, 0.3) is 11.0 Å². The maximum absolute atomic E-state index is 4.68. The summed E-state index contributed by atoms with van der Waals surface area (Å²) in [5, 5.41) is 9.16. The van der Waals surface area contributed by atoms with Crippen LogP contribution in [-0.4, -0.2) is 30.0 Å². The van der Waals surface area contributed by atoms with Crippen molar-refractivity contribution in [1.29, 1.82) is 0 Å². The minimum atomic E-state index is -0.241. The van der Waals surface area contributed by atoms with Gasteiger partial charge in [-0.05, 0) is 0 Å². The second kappa shape index (κ2) is 8.55. The Hall–Kier alpha value is -2.68. The van der Waals surface area contributed by atoms with Gasteiger partial charge in [0.1, 0.15) is 0 Å². The van der Waals surface area contributed by atoms with E-state index in [0.717, 1.165) is 30.3 Å².